The number of nitrogens with zero attached hydrogens (tertiary/aromatic N) is 2. The van der Waals surface area contributed by atoms with Gasteiger partial charge in [0.1, 0.15) is 0 Å². The number of hydrogen-bond acceptors (Lipinski definition) is 4. The van der Waals surface area contributed by atoms with Crippen LogP contribution in [0.15, 0.2) is 46.8 Å². The van der Waals surface area contributed by atoms with Crippen LogP contribution in [0.4, 0.5) is 0 Å². The lowest BCUT2D eigenvalue weighted by Crippen LogP contribution is -2.32. The third-order valence-corrected chi connectivity index (χ3v) is 5.21. The topological polar surface area (TPSA) is 32.7 Å². The van der Waals surface area contributed by atoms with Crippen LogP contribution in [0.25, 0.3) is 0 Å². The molecule has 1 aromatic heterocycles. The molecule has 0 aliphatic carbocycles. The second-order valence-electron chi connectivity index (χ2n) is 4.87. The van der Waals surface area contributed by atoms with E-state index in [2.05, 4.69) is 36.2 Å². The van der Waals surface area contributed by atoms with E-state index < -0.39 is 0 Å². The Morgan fingerprint density at radius 2 is 2.14 bits per heavy atom. The van der Waals surface area contributed by atoms with Gasteiger partial charge in [0, 0.05) is 12.3 Å². The molecule has 3 rings (SSSR count). The maximum atomic E-state index is 12.4. The zero-order chi connectivity index (χ0) is 14.7. The molecular formula is C16H16N2OS2. The van der Waals surface area contributed by atoms with Crippen LogP contribution in [0.2, 0.25) is 0 Å². The number of amides is 1. The van der Waals surface area contributed by atoms with Gasteiger partial charge in [-0.3, -0.25) is 14.7 Å². The normalized spacial score (nSPS) is 14.3. The zero-order valence-electron chi connectivity index (χ0n) is 11.8. The lowest BCUT2D eigenvalue weighted by atomic mass is 10.2. The van der Waals surface area contributed by atoms with Crippen molar-refractivity contribution >= 4 is 34.2 Å². The number of benzene rings is 1. The smallest absolute Gasteiger partial charge is 0.269 e. The number of aryl methyl sites for hydroxylation is 1. The third-order valence-electron chi connectivity index (χ3n) is 3.27. The monoisotopic (exact) mass is 316 g/mol. The van der Waals surface area contributed by atoms with E-state index in [1.165, 1.54) is 22.5 Å². The van der Waals surface area contributed by atoms with Crippen molar-refractivity contribution in [1.82, 2.24) is 4.90 Å². The minimum Gasteiger partial charge on any atom is -0.285 e. The molecule has 0 spiro atoms. The van der Waals surface area contributed by atoms with Crippen LogP contribution in [0.3, 0.4) is 0 Å². The molecule has 0 atom stereocenters. The van der Waals surface area contributed by atoms with E-state index in [-0.39, 0.29) is 5.91 Å². The molecular weight excluding hydrogens is 300 g/mol. The molecule has 1 aliphatic heterocycles. The van der Waals surface area contributed by atoms with E-state index in [1.807, 2.05) is 17.5 Å². The minimum absolute atomic E-state index is 0.0673. The number of thiophene rings is 1. The number of carbonyl (C=O) groups excluding carboxylic acids is 1. The van der Waals surface area contributed by atoms with E-state index in [0.29, 0.717) is 13.1 Å². The second kappa shape index (κ2) is 6.45. The Morgan fingerprint density at radius 1 is 1.33 bits per heavy atom. The van der Waals surface area contributed by atoms with Crippen LogP contribution in [-0.2, 0) is 5.75 Å². The number of aliphatic imine (C=N–C) groups is 1. The lowest BCUT2D eigenvalue weighted by molar-refractivity contribution is 0.0865. The summed E-state index contributed by atoms with van der Waals surface area (Å²) in [4.78, 5) is 19.5. The fourth-order valence-electron chi connectivity index (χ4n) is 2.10. The van der Waals surface area contributed by atoms with Crippen LogP contribution in [0.1, 0.15) is 20.8 Å². The van der Waals surface area contributed by atoms with Crippen molar-refractivity contribution in [3.63, 3.8) is 0 Å². The molecule has 0 saturated heterocycles. The van der Waals surface area contributed by atoms with Gasteiger partial charge in [-0.25, -0.2) is 0 Å². The lowest BCUT2D eigenvalue weighted by Gasteiger charge is -2.16. The Bertz CT molecular complexity index is 647. The van der Waals surface area contributed by atoms with Crippen molar-refractivity contribution in [2.75, 3.05) is 13.1 Å². The largest absolute Gasteiger partial charge is 0.285 e. The standard InChI is InChI=1S/C16H16N2OS2/c1-12-4-6-13(7-5-12)11-21-16-17-8-9-18(16)15(19)14-3-2-10-20-14/h2-7,10H,8-9,11H2,1H3. The Kier molecular flexibility index (Phi) is 4.41. The van der Waals surface area contributed by atoms with Gasteiger partial charge in [0.15, 0.2) is 5.17 Å². The highest BCUT2D eigenvalue weighted by molar-refractivity contribution is 8.13. The molecule has 1 amide bonds. The molecule has 0 fully saturated rings. The summed E-state index contributed by atoms with van der Waals surface area (Å²) >= 11 is 3.12. The molecule has 0 bridgehead atoms. The summed E-state index contributed by atoms with van der Waals surface area (Å²) in [5, 5.41) is 2.77. The Hall–Kier alpha value is -1.59. The summed E-state index contributed by atoms with van der Waals surface area (Å²) in [5.41, 5.74) is 2.51. The van der Waals surface area contributed by atoms with Crippen molar-refractivity contribution < 1.29 is 4.79 Å². The predicted molar refractivity (Wildman–Crippen MR) is 90.1 cm³/mol. The number of carbonyl (C=O) groups is 1. The highest BCUT2D eigenvalue weighted by atomic mass is 32.2. The fourth-order valence-corrected chi connectivity index (χ4v) is 3.78. The van der Waals surface area contributed by atoms with Crippen LogP contribution < -0.4 is 0 Å². The fraction of sp³-hybridized carbons (Fsp3) is 0.250. The second-order valence-corrected chi connectivity index (χ2v) is 6.76. The zero-order valence-corrected chi connectivity index (χ0v) is 13.4. The molecule has 2 heterocycles. The van der Waals surface area contributed by atoms with Crippen LogP contribution >= 0.6 is 23.1 Å². The van der Waals surface area contributed by atoms with Crippen molar-refractivity contribution in [2.24, 2.45) is 4.99 Å². The minimum atomic E-state index is 0.0673. The highest BCUT2D eigenvalue weighted by Crippen LogP contribution is 2.22. The summed E-state index contributed by atoms with van der Waals surface area (Å²) in [5.74, 6) is 0.908. The number of thioether (sulfide) groups is 1. The van der Waals surface area contributed by atoms with Gasteiger partial charge in [-0.2, -0.15) is 0 Å². The van der Waals surface area contributed by atoms with Gasteiger partial charge in [-0.15, -0.1) is 11.3 Å². The molecule has 0 saturated carbocycles. The van der Waals surface area contributed by atoms with E-state index in [0.717, 1.165) is 15.8 Å². The molecule has 1 aromatic carbocycles. The summed E-state index contributed by atoms with van der Waals surface area (Å²) < 4.78 is 0. The van der Waals surface area contributed by atoms with Crippen LogP contribution in [0.5, 0.6) is 0 Å². The van der Waals surface area contributed by atoms with Gasteiger partial charge in [0.25, 0.3) is 5.91 Å². The number of hydrogen-bond donors (Lipinski definition) is 0. The third kappa shape index (κ3) is 3.36. The van der Waals surface area contributed by atoms with Gasteiger partial charge in [-0.05, 0) is 23.9 Å². The maximum absolute atomic E-state index is 12.4. The van der Waals surface area contributed by atoms with Crippen LogP contribution in [0, 0.1) is 6.92 Å². The van der Waals surface area contributed by atoms with E-state index in [1.54, 1.807) is 16.7 Å². The molecule has 108 valence electrons. The van der Waals surface area contributed by atoms with Gasteiger partial charge < -0.3 is 0 Å². The van der Waals surface area contributed by atoms with Crippen LogP contribution in [-0.4, -0.2) is 29.1 Å². The molecule has 0 unspecified atom stereocenters. The van der Waals surface area contributed by atoms with Gasteiger partial charge in [0.2, 0.25) is 0 Å². The molecule has 2 aromatic rings. The first-order valence-electron chi connectivity index (χ1n) is 6.82. The average Bonchev–Trinajstić information content (AvgIpc) is 3.17. The number of amidine groups is 1. The molecule has 0 radical (unpaired) electrons. The van der Waals surface area contributed by atoms with E-state index >= 15 is 0 Å². The quantitative estimate of drug-likeness (QED) is 0.863. The van der Waals surface area contributed by atoms with E-state index in [9.17, 15) is 4.79 Å². The molecule has 3 nitrogen and oxygen atoms in total. The highest BCUT2D eigenvalue weighted by Gasteiger charge is 2.25. The first kappa shape index (κ1) is 14.4. The Labute approximate surface area is 132 Å². The molecule has 1 aliphatic rings. The van der Waals surface area contributed by atoms with Crippen molar-refractivity contribution in [1.29, 1.82) is 0 Å². The molecule has 5 heteroatoms. The summed E-state index contributed by atoms with van der Waals surface area (Å²) in [7, 11) is 0. The SMILES string of the molecule is Cc1ccc(CSC2=NCCN2C(=O)c2cccs2)cc1. The molecule has 0 N–H and O–H groups in total. The predicted octanol–water partition coefficient (Wildman–Crippen LogP) is 3.80. The van der Waals surface area contributed by atoms with Gasteiger partial charge >= 0.3 is 0 Å². The first-order chi connectivity index (χ1) is 10.2. The first-order valence-corrected chi connectivity index (χ1v) is 8.69. The summed E-state index contributed by atoms with van der Waals surface area (Å²) in [6.07, 6.45) is 0. The number of rotatable bonds is 3. The summed E-state index contributed by atoms with van der Waals surface area (Å²) in [6.45, 7) is 3.47. The Morgan fingerprint density at radius 3 is 2.86 bits per heavy atom. The average molecular weight is 316 g/mol. The molecule has 21 heavy (non-hydrogen) atoms. The van der Waals surface area contributed by atoms with Crippen molar-refractivity contribution in [2.45, 2.75) is 12.7 Å². The van der Waals surface area contributed by atoms with Crippen molar-refractivity contribution in [3.8, 4) is 0 Å². The Balaban J connectivity index is 1.64. The van der Waals surface area contributed by atoms with Gasteiger partial charge in [-0.1, -0.05) is 47.7 Å². The summed E-state index contributed by atoms with van der Waals surface area (Å²) in [6, 6.07) is 12.3. The van der Waals surface area contributed by atoms with Gasteiger partial charge in [0.05, 0.1) is 11.4 Å². The van der Waals surface area contributed by atoms with Crippen molar-refractivity contribution in [3.05, 3.63) is 57.8 Å². The van der Waals surface area contributed by atoms with E-state index in [4.69, 9.17) is 0 Å². The maximum Gasteiger partial charge on any atom is 0.269 e.